The second kappa shape index (κ2) is 5.77. The van der Waals surface area contributed by atoms with E-state index in [-0.39, 0.29) is 11.6 Å². The normalized spacial score (nSPS) is 13.6. The number of benzene rings is 1. The van der Waals surface area contributed by atoms with Gasteiger partial charge in [0.25, 0.3) is 5.91 Å². The molecule has 3 heterocycles. The molecular weight excluding hydrogens is 308 g/mol. The Hall–Kier alpha value is -3.22. The van der Waals surface area contributed by atoms with Crippen LogP contribution in [-0.4, -0.2) is 33.5 Å². The highest BCUT2D eigenvalue weighted by molar-refractivity contribution is 6.05. The third-order valence-electron chi connectivity index (χ3n) is 4.05. The molecule has 2 aromatic heterocycles. The number of rotatable bonds is 3. The van der Waals surface area contributed by atoms with Crippen LogP contribution in [0.25, 0.3) is 5.69 Å². The van der Waals surface area contributed by atoms with Crippen LogP contribution in [0.3, 0.4) is 0 Å². The monoisotopic (exact) mass is 322 g/mol. The fourth-order valence-corrected chi connectivity index (χ4v) is 2.83. The van der Waals surface area contributed by atoms with Crippen LogP contribution in [0.5, 0.6) is 0 Å². The quantitative estimate of drug-likeness (QED) is 0.691. The van der Waals surface area contributed by atoms with Gasteiger partial charge in [0.1, 0.15) is 12.5 Å². The van der Waals surface area contributed by atoms with Crippen LogP contribution in [0.4, 0.5) is 5.69 Å². The molecule has 1 amide bonds. The minimum atomic E-state index is -0.194. The van der Waals surface area contributed by atoms with Crippen molar-refractivity contribution in [2.75, 3.05) is 11.4 Å². The molecule has 0 fully saturated rings. The summed E-state index contributed by atoms with van der Waals surface area (Å²) in [4.78, 5) is 29.0. The lowest BCUT2D eigenvalue weighted by Crippen LogP contribution is -2.35. The largest absolute Gasteiger partial charge is 0.451 e. The molecule has 0 N–H and O–H groups in total. The number of hydrogen-bond donors (Lipinski definition) is 0. The first-order valence-electron chi connectivity index (χ1n) is 7.60. The van der Waals surface area contributed by atoms with Gasteiger partial charge in [-0.3, -0.25) is 9.59 Å². The Labute approximate surface area is 137 Å². The van der Waals surface area contributed by atoms with E-state index in [2.05, 4.69) is 10.1 Å². The van der Waals surface area contributed by atoms with E-state index in [4.69, 9.17) is 4.42 Å². The fraction of sp³-hybridized carbons (Fsp3) is 0.176. The standard InChI is InChI=1S/C17H14N4O3/c22-9-12-3-5-13(6-4-12)21-8-16-14(19-21)2-1-7-20(16)17(23)15-10-24-11-18-15/h3-6,8-11H,1-2,7H2. The number of carbonyl (C=O) groups is 2. The molecule has 120 valence electrons. The third-order valence-corrected chi connectivity index (χ3v) is 4.05. The van der Waals surface area contributed by atoms with Crippen molar-refractivity contribution in [2.24, 2.45) is 0 Å². The lowest BCUT2D eigenvalue weighted by Gasteiger charge is -2.24. The van der Waals surface area contributed by atoms with Gasteiger partial charge in [-0.15, -0.1) is 0 Å². The molecule has 0 atom stereocenters. The average molecular weight is 322 g/mol. The number of aryl methyl sites for hydroxylation is 1. The Bertz CT molecular complexity index is 881. The summed E-state index contributed by atoms with van der Waals surface area (Å²) in [6, 6.07) is 7.13. The minimum Gasteiger partial charge on any atom is -0.451 e. The first kappa shape index (κ1) is 14.4. The Morgan fingerprint density at radius 1 is 1.25 bits per heavy atom. The van der Waals surface area contributed by atoms with Crippen LogP contribution < -0.4 is 4.90 Å². The lowest BCUT2D eigenvalue weighted by molar-refractivity contribution is 0.0980. The van der Waals surface area contributed by atoms with Gasteiger partial charge in [0.2, 0.25) is 0 Å². The zero-order chi connectivity index (χ0) is 16.5. The summed E-state index contributed by atoms with van der Waals surface area (Å²) in [7, 11) is 0. The van der Waals surface area contributed by atoms with E-state index in [0.717, 1.165) is 36.2 Å². The van der Waals surface area contributed by atoms with E-state index >= 15 is 0 Å². The van der Waals surface area contributed by atoms with Crippen molar-refractivity contribution in [1.82, 2.24) is 14.8 Å². The summed E-state index contributed by atoms with van der Waals surface area (Å²) in [5.41, 5.74) is 3.39. The van der Waals surface area contributed by atoms with Crippen LogP contribution in [0.1, 0.15) is 33.0 Å². The number of hydrogen-bond acceptors (Lipinski definition) is 5. The molecule has 1 aromatic carbocycles. The SMILES string of the molecule is O=Cc1ccc(-n2cc3c(n2)CCCN3C(=O)c2cocn2)cc1. The summed E-state index contributed by atoms with van der Waals surface area (Å²) in [5.74, 6) is -0.194. The highest BCUT2D eigenvalue weighted by Gasteiger charge is 2.27. The fourth-order valence-electron chi connectivity index (χ4n) is 2.83. The van der Waals surface area contributed by atoms with Gasteiger partial charge in [-0.1, -0.05) is 0 Å². The van der Waals surface area contributed by atoms with Crippen LogP contribution in [0.2, 0.25) is 0 Å². The van der Waals surface area contributed by atoms with Crippen molar-refractivity contribution in [3.05, 3.63) is 60.1 Å². The number of aldehydes is 1. The number of nitrogens with zero attached hydrogens (tertiary/aromatic N) is 4. The molecule has 0 aliphatic carbocycles. The molecule has 24 heavy (non-hydrogen) atoms. The molecular formula is C17H14N4O3. The van der Waals surface area contributed by atoms with Crippen molar-refractivity contribution in [3.63, 3.8) is 0 Å². The minimum absolute atomic E-state index is 0.194. The zero-order valence-electron chi connectivity index (χ0n) is 12.8. The van der Waals surface area contributed by atoms with Crippen LogP contribution in [0.15, 0.2) is 47.5 Å². The van der Waals surface area contributed by atoms with Gasteiger partial charge in [0.05, 0.1) is 23.3 Å². The zero-order valence-corrected chi connectivity index (χ0v) is 12.8. The number of anilines is 1. The summed E-state index contributed by atoms with van der Waals surface area (Å²) in [6.07, 6.45) is 6.89. The Morgan fingerprint density at radius 2 is 2.08 bits per heavy atom. The number of amides is 1. The van der Waals surface area contributed by atoms with Crippen LogP contribution in [0, 0.1) is 0 Å². The van der Waals surface area contributed by atoms with Gasteiger partial charge in [0.15, 0.2) is 12.1 Å². The van der Waals surface area contributed by atoms with Gasteiger partial charge >= 0.3 is 0 Å². The maximum atomic E-state index is 12.6. The number of fused-ring (bicyclic) bond motifs is 1. The molecule has 0 radical (unpaired) electrons. The topological polar surface area (TPSA) is 81.2 Å². The van der Waals surface area contributed by atoms with Gasteiger partial charge in [-0.2, -0.15) is 5.10 Å². The van der Waals surface area contributed by atoms with Gasteiger partial charge in [-0.25, -0.2) is 9.67 Å². The van der Waals surface area contributed by atoms with Gasteiger partial charge in [-0.05, 0) is 37.1 Å². The molecule has 7 heteroatoms. The Morgan fingerprint density at radius 3 is 2.79 bits per heavy atom. The highest BCUT2D eigenvalue weighted by Crippen LogP contribution is 2.28. The third kappa shape index (κ3) is 2.40. The van der Waals surface area contributed by atoms with Crippen molar-refractivity contribution in [2.45, 2.75) is 12.8 Å². The van der Waals surface area contributed by atoms with E-state index in [0.29, 0.717) is 12.1 Å². The summed E-state index contributed by atoms with van der Waals surface area (Å²) in [6.45, 7) is 0.620. The lowest BCUT2D eigenvalue weighted by atomic mass is 10.1. The summed E-state index contributed by atoms with van der Waals surface area (Å²) >= 11 is 0. The van der Waals surface area contributed by atoms with Gasteiger partial charge in [0, 0.05) is 12.1 Å². The molecule has 0 unspecified atom stereocenters. The Kier molecular flexibility index (Phi) is 3.45. The molecule has 7 nitrogen and oxygen atoms in total. The first-order valence-corrected chi connectivity index (χ1v) is 7.60. The van der Waals surface area contributed by atoms with Crippen molar-refractivity contribution in [1.29, 1.82) is 0 Å². The van der Waals surface area contributed by atoms with E-state index < -0.39 is 0 Å². The molecule has 1 aliphatic heterocycles. The first-order chi connectivity index (χ1) is 11.8. The molecule has 1 aliphatic rings. The maximum absolute atomic E-state index is 12.6. The molecule has 0 saturated heterocycles. The molecule has 3 aromatic rings. The predicted octanol–water partition coefficient (Wildman–Crippen LogP) is 2.27. The maximum Gasteiger partial charge on any atom is 0.280 e. The number of carbonyl (C=O) groups excluding carboxylic acids is 2. The van der Waals surface area contributed by atoms with E-state index in [1.807, 2.05) is 18.3 Å². The molecule has 4 rings (SSSR count). The van der Waals surface area contributed by atoms with E-state index in [1.54, 1.807) is 21.7 Å². The smallest absolute Gasteiger partial charge is 0.280 e. The molecule has 0 saturated carbocycles. The van der Waals surface area contributed by atoms with Crippen molar-refractivity contribution >= 4 is 17.9 Å². The highest BCUT2D eigenvalue weighted by atomic mass is 16.3. The van der Waals surface area contributed by atoms with E-state index in [9.17, 15) is 9.59 Å². The van der Waals surface area contributed by atoms with Crippen molar-refractivity contribution < 1.29 is 14.0 Å². The van der Waals surface area contributed by atoms with Crippen LogP contribution in [-0.2, 0) is 6.42 Å². The summed E-state index contributed by atoms with van der Waals surface area (Å²) < 4.78 is 6.63. The van der Waals surface area contributed by atoms with Crippen LogP contribution >= 0.6 is 0 Å². The summed E-state index contributed by atoms with van der Waals surface area (Å²) in [5, 5.41) is 4.58. The number of aromatic nitrogens is 3. The second-order valence-electron chi connectivity index (χ2n) is 5.55. The second-order valence-corrected chi connectivity index (χ2v) is 5.55. The predicted molar refractivity (Wildman–Crippen MR) is 85.5 cm³/mol. The van der Waals surface area contributed by atoms with Gasteiger partial charge < -0.3 is 9.32 Å². The van der Waals surface area contributed by atoms with Crippen molar-refractivity contribution in [3.8, 4) is 5.69 Å². The Balaban J connectivity index is 1.69. The average Bonchev–Trinajstić information content (AvgIpc) is 3.30. The molecule has 0 spiro atoms. The molecule has 0 bridgehead atoms. The van der Waals surface area contributed by atoms with E-state index in [1.165, 1.54) is 12.7 Å². The number of oxazole rings is 1.